The first-order valence-corrected chi connectivity index (χ1v) is 8.29. The molecule has 1 heterocycles. The summed E-state index contributed by atoms with van der Waals surface area (Å²) < 4.78 is 7.43. The van der Waals surface area contributed by atoms with Gasteiger partial charge in [0.15, 0.2) is 0 Å². The number of aryl methyl sites for hydroxylation is 1. The van der Waals surface area contributed by atoms with E-state index in [0.717, 1.165) is 18.8 Å². The molecule has 0 aliphatic heterocycles. The number of rotatable bonds is 6. The van der Waals surface area contributed by atoms with Crippen molar-refractivity contribution in [3.63, 3.8) is 0 Å². The van der Waals surface area contributed by atoms with E-state index >= 15 is 0 Å². The van der Waals surface area contributed by atoms with Gasteiger partial charge in [-0.15, -0.1) is 0 Å². The largest absolute Gasteiger partial charge is 0.358 e. The second kappa shape index (κ2) is 5.56. The van der Waals surface area contributed by atoms with Crippen molar-refractivity contribution >= 4 is 10.0 Å². The van der Waals surface area contributed by atoms with Crippen LogP contribution in [0.15, 0.2) is 12.4 Å². The number of hydrogen-bond donors (Lipinski definition) is 0. The molecule has 1 aromatic rings. The van der Waals surface area contributed by atoms with Crippen LogP contribution in [-0.4, -0.2) is 40.9 Å². The molecular formula is C11H22N2OS. The molecular weight excluding hydrogens is 208 g/mol. The van der Waals surface area contributed by atoms with Crippen LogP contribution < -0.4 is 0 Å². The standard InChI is InChI=1S/C11H22N2OS/c1-5-11-8-12-13(9-11)10-14-6-7-15(2,3)4/h8-9H,5-7,10H2,1-4H3. The van der Waals surface area contributed by atoms with E-state index in [-0.39, 0.29) is 0 Å². The van der Waals surface area contributed by atoms with Gasteiger partial charge >= 0.3 is 0 Å². The van der Waals surface area contributed by atoms with Crippen LogP contribution in [0.3, 0.4) is 0 Å². The lowest BCUT2D eigenvalue weighted by atomic mass is 10.3. The molecule has 0 radical (unpaired) electrons. The molecule has 0 unspecified atom stereocenters. The molecule has 0 aliphatic carbocycles. The van der Waals surface area contributed by atoms with Gasteiger partial charge < -0.3 is 4.74 Å². The zero-order valence-corrected chi connectivity index (χ0v) is 11.0. The Balaban J connectivity index is 2.20. The van der Waals surface area contributed by atoms with Crippen LogP contribution in [-0.2, 0) is 17.9 Å². The Morgan fingerprint density at radius 2 is 2.13 bits per heavy atom. The van der Waals surface area contributed by atoms with Crippen LogP contribution in [0.2, 0.25) is 0 Å². The lowest BCUT2D eigenvalue weighted by molar-refractivity contribution is 0.0809. The average molecular weight is 230 g/mol. The number of aromatic nitrogens is 2. The summed E-state index contributed by atoms with van der Waals surface area (Å²) in [7, 11) is -0.433. The Bertz CT molecular complexity index is 291. The summed E-state index contributed by atoms with van der Waals surface area (Å²) in [6.07, 6.45) is 11.9. The normalized spacial score (nSPS) is 13.1. The van der Waals surface area contributed by atoms with Gasteiger partial charge in [-0.3, -0.25) is 0 Å². The summed E-state index contributed by atoms with van der Waals surface area (Å²) in [5.41, 5.74) is 1.26. The van der Waals surface area contributed by atoms with Crippen molar-refractivity contribution in [1.29, 1.82) is 0 Å². The second-order valence-electron chi connectivity index (χ2n) is 4.57. The maximum atomic E-state index is 5.57. The first-order valence-electron chi connectivity index (χ1n) is 5.26. The van der Waals surface area contributed by atoms with Crippen LogP contribution in [0.1, 0.15) is 12.5 Å². The van der Waals surface area contributed by atoms with Crippen molar-refractivity contribution in [3.05, 3.63) is 18.0 Å². The third-order valence-electron chi connectivity index (χ3n) is 2.16. The van der Waals surface area contributed by atoms with Crippen LogP contribution in [0.4, 0.5) is 0 Å². The summed E-state index contributed by atoms with van der Waals surface area (Å²) in [5.74, 6) is 1.16. The molecule has 3 nitrogen and oxygen atoms in total. The molecule has 0 aliphatic rings. The van der Waals surface area contributed by atoms with Crippen LogP contribution in [0, 0.1) is 0 Å². The highest BCUT2D eigenvalue weighted by molar-refractivity contribution is 8.32. The SMILES string of the molecule is CCc1cnn(COCCS(C)(C)C)c1. The molecule has 0 N–H and O–H groups in total. The van der Waals surface area contributed by atoms with Gasteiger partial charge in [-0.1, -0.05) is 6.92 Å². The molecule has 0 atom stereocenters. The highest BCUT2D eigenvalue weighted by atomic mass is 32.3. The van der Waals surface area contributed by atoms with Crippen molar-refractivity contribution in [2.75, 3.05) is 31.1 Å². The predicted molar refractivity (Wildman–Crippen MR) is 67.8 cm³/mol. The van der Waals surface area contributed by atoms with E-state index in [1.807, 2.05) is 17.1 Å². The van der Waals surface area contributed by atoms with Crippen molar-refractivity contribution in [3.8, 4) is 0 Å². The van der Waals surface area contributed by atoms with Crippen molar-refractivity contribution in [2.24, 2.45) is 0 Å². The fourth-order valence-electron chi connectivity index (χ4n) is 1.13. The molecule has 0 fully saturated rings. The van der Waals surface area contributed by atoms with E-state index in [1.54, 1.807) is 0 Å². The molecule has 0 bridgehead atoms. The predicted octanol–water partition coefficient (Wildman–Crippen LogP) is 2.11. The quantitative estimate of drug-likeness (QED) is 0.700. The summed E-state index contributed by atoms with van der Waals surface area (Å²) in [4.78, 5) is 0. The van der Waals surface area contributed by atoms with Crippen LogP contribution in [0.5, 0.6) is 0 Å². The summed E-state index contributed by atoms with van der Waals surface area (Å²) >= 11 is 0. The zero-order chi connectivity index (χ0) is 11.3. The van der Waals surface area contributed by atoms with Gasteiger partial charge in [0.05, 0.1) is 12.8 Å². The molecule has 0 aromatic carbocycles. The van der Waals surface area contributed by atoms with E-state index in [1.165, 1.54) is 5.56 Å². The molecule has 1 aromatic heterocycles. The van der Waals surface area contributed by atoms with E-state index in [2.05, 4.69) is 30.8 Å². The molecule has 0 saturated heterocycles. The van der Waals surface area contributed by atoms with Crippen molar-refractivity contribution < 1.29 is 4.74 Å². The smallest absolute Gasteiger partial charge is 0.139 e. The fourth-order valence-corrected chi connectivity index (χ4v) is 1.74. The Morgan fingerprint density at radius 3 is 2.67 bits per heavy atom. The Labute approximate surface area is 94.1 Å². The topological polar surface area (TPSA) is 27.1 Å². The van der Waals surface area contributed by atoms with Crippen LogP contribution >= 0.6 is 10.0 Å². The van der Waals surface area contributed by atoms with E-state index in [4.69, 9.17) is 4.74 Å². The maximum Gasteiger partial charge on any atom is 0.139 e. The molecule has 88 valence electrons. The third kappa shape index (κ3) is 5.23. The van der Waals surface area contributed by atoms with E-state index in [9.17, 15) is 0 Å². The van der Waals surface area contributed by atoms with Gasteiger partial charge in [0.2, 0.25) is 0 Å². The number of nitrogens with zero attached hydrogens (tertiary/aromatic N) is 2. The molecule has 0 spiro atoms. The number of ether oxygens (including phenoxy) is 1. The van der Waals surface area contributed by atoms with Gasteiger partial charge in [0.25, 0.3) is 0 Å². The minimum Gasteiger partial charge on any atom is -0.358 e. The van der Waals surface area contributed by atoms with Gasteiger partial charge in [-0.05, 0) is 30.8 Å². The highest BCUT2D eigenvalue weighted by Crippen LogP contribution is 2.33. The zero-order valence-electron chi connectivity index (χ0n) is 10.2. The van der Waals surface area contributed by atoms with Crippen molar-refractivity contribution in [2.45, 2.75) is 20.1 Å². The molecule has 4 heteroatoms. The second-order valence-corrected chi connectivity index (χ2v) is 9.16. The minimum atomic E-state index is -0.433. The molecule has 1 rings (SSSR count). The maximum absolute atomic E-state index is 5.57. The summed E-state index contributed by atoms with van der Waals surface area (Å²) in [6, 6.07) is 0. The molecule has 0 saturated carbocycles. The average Bonchev–Trinajstić information content (AvgIpc) is 2.59. The van der Waals surface area contributed by atoms with Crippen LogP contribution in [0.25, 0.3) is 0 Å². The first kappa shape index (κ1) is 12.6. The molecule has 0 amide bonds. The van der Waals surface area contributed by atoms with E-state index in [0.29, 0.717) is 6.73 Å². The Morgan fingerprint density at radius 1 is 1.40 bits per heavy atom. The Kier molecular flexibility index (Phi) is 4.67. The third-order valence-corrected chi connectivity index (χ3v) is 3.55. The van der Waals surface area contributed by atoms with Gasteiger partial charge in [-0.25, -0.2) is 14.7 Å². The number of hydrogen-bond acceptors (Lipinski definition) is 2. The monoisotopic (exact) mass is 230 g/mol. The fraction of sp³-hybridized carbons (Fsp3) is 0.727. The van der Waals surface area contributed by atoms with Gasteiger partial charge in [-0.2, -0.15) is 5.10 Å². The van der Waals surface area contributed by atoms with Gasteiger partial charge in [0, 0.05) is 11.9 Å². The van der Waals surface area contributed by atoms with Gasteiger partial charge in [0.1, 0.15) is 6.73 Å². The summed E-state index contributed by atoms with van der Waals surface area (Å²) in [5, 5.41) is 4.22. The first-order chi connectivity index (χ1) is 7.01. The molecule has 15 heavy (non-hydrogen) atoms. The Hall–Kier alpha value is -0.480. The lowest BCUT2D eigenvalue weighted by Crippen LogP contribution is -2.10. The van der Waals surface area contributed by atoms with E-state index < -0.39 is 10.0 Å². The minimum absolute atomic E-state index is 0.433. The highest BCUT2D eigenvalue weighted by Gasteiger charge is 2.03. The summed E-state index contributed by atoms with van der Waals surface area (Å²) in [6.45, 7) is 3.54. The lowest BCUT2D eigenvalue weighted by Gasteiger charge is -2.24. The van der Waals surface area contributed by atoms with Crippen molar-refractivity contribution in [1.82, 2.24) is 9.78 Å².